The van der Waals surface area contributed by atoms with Crippen LogP contribution in [0.5, 0.6) is 11.5 Å². The molecule has 0 fully saturated rings. The van der Waals surface area contributed by atoms with Gasteiger partial charge in [-0.1, -0.05) is 59.6 Å². The van der Waals surface area contributed by atoms with Crippen molar-refractivity contribution in [2.45, 2.75) is 19.8 Å². The first-order chi connectivity index (χ1) is 13.5. The highest BCUT2D eigenvalue weighted by molar-refractivity contribution is 6.35. The Morgan fingerprint density at radius 3 is 2.39 bits per heavy atom. The van der Waals surface area contributed by atoms with Crippen LogP contribution in [0.25, 0.3) is 5.57 Å². The average Bonchev–Trinajstić information content (AvgIpc) is 2.69. The van der Waals surface area contributed by atoms with Gasteiger partial charge in [-0.05, 0) is 48.4 Å². The van der Waals surface area contributed by atoms with E-state index in [0.29, 0.717) is 21.5 Å². The van der Waals surface area contributed by atoms with Gasteiger partial charge in [0.1, 0.15) is 18.1 Å². The molecular formula is C23H18Cl2O3. The van der Waals surface area contributed by atoms with E-state index in [1.807, 2.05) is 49.4 Å². The zero-order valence-corrected chi connectivity index (χ0v) is 16.7. The van der Waals surface area contributed by atoms with E-state index in [9.17, 15) is 5.11 Å². The summed E-state index contributed by atoms with van der Waals surface area (Å²) in [6.45, 7) is 2.14. The maximum Gasteiger partial charge on any atom is 0.218 e. The van der Waals surface area contributed by atoms with Gasteiger partial charge in [0.2, 0.25) is 6.29 Å². The number of ether oxygens (including phenoxy) is 2. The van der Waals surface area contributed by atoms with Crippen LogP contribution in [0, 0.1) is 6.92 Å². The molecule has 1 aliphatic heterocycles. The molecule has 0 radical (unpaired) electrons. The van der Waals surface area contributed by atoms with Crippen LogP contribution in [0.1, 0.15) is 22.3 Å². The Labute approximate surface area is 173 Å². The molecule has 1 heterocycles. The standard InChI is InChI=1S/C23H18Cl2O3/c1-14-21(27-13-18-19(24)8-5-9-20(18)25)11-10-16-17(12-22(26)28-23(14)16)15-6-3-2-4-7-15/h2-12,22,26H,13H2,1H3. The van der Waals surface area contributed by atoms with Gasteiger partial charge in [-0.3, -0.25) is 0 Å². The van der Waals surface area contributed by atoms with Gasteiger partial charge in [0, 0.05) is 26.7 Å². The molecule has 3 aromatic carbocycles. The number of rotatable bonds is 4. The van der Waals surface area contributed by atoms with E-state index in [-0.39, 0.29) is 6.61 Å². The van der Waals surface area contributed by atoms with E-state index in [2.05, 4.69) is 0 Å². The first-order valence-electron chi connectivity index (χ1n) is 8.86. The molecule has 1 aliphatic rings. The molecule has 3 nitrogen and oxygen atoms in total. The SMILES string of the molecule is Cc1c(OCc2c(Cl)cccc2Cl)ccc2c1OC(O)C=C2c1ccccc1. The van der Waals surface area contributed by atoms with Crippen LogP contribution < -0.4 is 9.47 Å². The second-order valence-electron chi connectivity index (χ2n) is 6.51. The highest BCUT2D eigenvalue weighted by Crippen LogP contribution is 2.41. The Kier molecular flexibility index (Phi) is 5.31. The van der Waals surface area contributed by atoms with Crippen LogP contribution in [-0.2, 0) is 6.61 Å². The Morgan fingerprint density at radius 1 is 0.964 bits per heavy atom. The Balaban J connectivity index is 1.67. The summed E-state index contributed by atoms with van der Waals surface area (Å²) in [7, 11) is 0. The van der Waals surface area contributed by atoms with E-state index in [1.54, 1.807) is 24.3 Å². The second kappa shape index (κ2) is 7.88. The summed E-state index contributed by atoms with van der Waals surface area (Å²) in [5, 5.41) is 11.3. The van der Waals surface area contributed by atoms with Crippen molar-refractivity contribution in [1.29, 1.82) is 0 Å². The van der Waals surface area contributed by atoms with Gasteiger partial charge in [-0.2, -0.15) is 0 Å². The molecule has 3 aromatic rings. The lowest BCUT2D eigenvalue weighted by Gasteiger charge is -2.25. The van der Waals surface area contributed by atoms with Crippen molar-refractivity contribution < 1.29 is 14.6 Å². The van der Waals surface area contributed by atoms with Gasteiger partial charge >= 0.3 is 0 Å². The molecule has 0 aliphatic carbocycles. The highest BCUT2D eigenvalue weighted by Gasteiger charge is 2.24. The van der Waals surface area contributed by atoms with Crippen molar-refractivity contribution in [3.63, 3.8) is 0 Å². The van der Waals surface area contributed by atoms with Gasteiger partial charge in [-0.15, -0.1) is 0 Å². The molecule has 0 amide bonds. The van der Waals surface area contributed by atoms with Crippen molar-refractivity contribution in [3.8, 4) is 11.5 Å². The minimum Gasteiger partial charge on any atom is -0.488 e. The topological polar surface area (TPSA) is 38.7 Å². The van der Waals surface area contributed by atoms with Crippen molar-refractivity contribution in [1.82, 2.24) is 0 Å². The minimum absolute atomic E-state index is 0.238. The number of fused-ring (bicyclic) bond motifs is 1. The van der Waals surface area contributed by atoms with Crippen LogP contribution in [-0.4, -0.2) is 11.4 Å². The molecule has 0 spiro atoms. The largest absolute Gasteiger partial charge is 0.488 e. The summed E-state index contributed by atoms with van der Waals surface area (Å²) in [5.74, 6) is 1.26. The molecule has 0 saturated carbocycles. The molecule has 1 atom stereocenters. The van der Waals surface area contributed by atoms with Crippen molar-refractivity contribution >= 4 is 28.8 Å². The number of aliphatic hydroxyl groups excluding tert-OH is 1. The van der Waals surface area contributed by atoms with Gasteiger partial charge in [-0.25, -0.2) is 0 Å². The number of benzene rings is 3. The van der Waals surface area contributed by atoms with Crippen LogP contribution >= 0.6 is 23.2 Å². The first kappa shape index (κ1) is 18.9. The van der Waals surface area contributed by atoms with Crippen LogP contribution in [0.15, 0.2) is 66.7 Å². The first-order valence-corrected chi connectivity index (χ1v) is 9.62. The maximum atomic E-state index is 10.2. The lowest BCUT2D eigenvalue weighted by molar-refractivity contribution is 0.0218. The molecule has 5 heteroatoms. The minimum atomic E-state index is -1.02. The maximum absolute atomic E-state index is 10.2. The zero-order valence-electron chi connectivity index (χ0n) is 15.2. The fraction of sp³-hybridized carbons (Fsp3) is 0.130. The Morgan fingerprint density at radius 2 is 1.68 bits per heavy atom. The predicted molar refractivity (Wildman–Crippen MR) is 112 cm³/mol. The summed E-state index contributed by atoms with van der Waals surface area (Å²) in [6, 6.07) is 19.1. The number of aliphatic hydroxyl groups is 1. The fourth-order valence-corrected chi connectivity index (χ4v) is 3.78. The molecule has 1 unspecified atom stereocenters. The second-order valence-corrected chi connectivity index (χ2v) is 7.32. The molecule has 0 saturated heterocycles. The lowest BCUT2D eigenvalue weighted by atomic mass is 9.93. The third-order valence-electron chi connectivity index (χ3n) is 4.71. The zero-order chi connectivity index (χ0) is 19.7. The molecular weight excluding hydrogens is 395 g/mol. The van der Waals surface area contributed by atoms with Crippen molar-refractivity contribution in [2.24, 2.45) is 0 Å². The molecule has 1 N–H and O–H groups in total. The monoisotopic (exact) mass is 412 g/mol. The quantitative estimate of drug-likeness (QED) is 0.568. The van der Waals surface area contributed by atoms with Crippen molar-refractivity contribution in [3.05, 3.63) is 99.0 Å². The molecule has 0 bridgehead atoms. The average molecular weight is 413 g/mol. The lowest BCUT2D eigenvalue weighted by Crippen LogP contribution is -2.19. The van der Waals surface area contributed by atoms with E-state index in [1.165, 1.54) is 0 Å². The van der Waals surface area contributed by atoms with Crippen LogP contribution in [0.4, 0.5) is 0 Å². The number of halogens is 2. The van der Waals surface area contributed by atoms with E-state index < -0.39 is 6.29 Å². The molecule has 28 heavy (non-hydrogen) atoms. The van der Waals surface area contributed by atoms with E-state index in [4.69, 9.17) is 32.7 Å². The Bertz CT molecular complexity index is 1020. The summed E-state index contributed by atoms with van der Waals surface area (Å²) in [6.07, 6.45) is 0.691. The molecule has 4 rings (SSSR count). The smallest absolute Gasteiger partial charge is 0.218 e. The molecule has 0 aromatic heterocycles. The summed E-state index contributed by atoms with van der Waals surface area (Å²) in [4.78, 5) is 0. The normalized spacial score (nSPS) is 15.4. The fourth-order valence-electron chi connectivity index (χ4n) is 3.27. The highest BCUT2D eigenvalue weighted by atomic mass is 35.5. The summed E-state index contributed by atoms with van der Waals surface area (Å²) >= 11 is 12.5. The molecule has 142 valence electrons. The van der Waals surface area contributed by atoms with Crippen LogP contribution in [0.2, 0.25) is 10.0 Å². The van der Waals surface area contributed by atoms with Gasteiger partial charge in [0.15, 0.2) is 0 Å². The third-order valence-corrected chi connectivity index (χ3v) is 5.42. The van der Waals surface area contributed by atoms with Gasteiger partial charge in [0.25, 0.3) is 0 Å². The van der Waals surface area contributed by atoms with Crippen molar-refractivity contribution in [2.75, 3.05) is 0 Å². The van der Waals surface area contributed by atoms with E-state index in [0.717, 1.165) is 27.8 Å². The summed E-state index contributed by atoms with van der Waals surface area (Å²) < 4.78 is 11.7. The van der Waals surface area contributed by atoms with E-state index >= 15 is 0 Å². The van der Waals surface area contributed by atoms with Crippen LogP contribution in [0.3, 0.4) is 0 Å². The Hall–Kier alpha value is -2.46. The third kappa shape index (κ3) is 3.61. The predicted octanol–water partition coefficient (Wildman–Crippen LogP) is 6.02. The van der Waals surface area contributed by atoms with Gasteiger partial charge in [0.05, 0.1) is 0 Å². The number of hydrogen-bond donors (Lipinski definition) is 1. The number of hydrogen-bond acceptors (Lipinski definition) is 3. The summed E-state index contributed by atoms with van der Waals surface area (Å²) in [5.41, 5.74) is 4.40. The van der Waals surface area contributed by atoms with Gasteiger partial charge < -0.3 is 14.6 Å².